The summed E-state index contributed by atoms with van der Waals surface area (Å²) >= 11 is 0. The van der Waals surface area contributed by atoms with E-state index >= 15 is 0 Å². The lowest BCUT2D eigenvalue weighted by Crippen LogP contribution is -2.35. The van der Waals surface area contributed by atoms with Crippen LogP contribution in [0.4, 0.5) is 5.69 Å². The van der Waals surface area contributed by atoms with Crippen molar-refractivity contribution in [3.8, 4) is 5.75 Å². The summed E-state index contributed by atoms with van der Waals surface area (Å²) in [6, 6.07) is 4.62. The Bertz CT molecular complexity index is 441. The van der Waals surface area contributed by atoms with Gasteiger partial charge in [0.05, 0.1) is 11.3 Å². The Morgan fingerprint density at radius 1 is 1.53 bits per heavy atom. The largest absolute Gasteiger partial charge is 0.479 e. The lowest BCUT2D eigenvalue weighted by molar-refractivity contribution is -0.122. The summed E-state index contributed by atoms with van der Waals surface area (Å²) in [6.45, 7) is 1.60. The van der Waals surface area contributed by atoms with E-state index < -0.39 is 12.1 Å². The number of anilines is 1. The molecule has 1 unspecified atom stereocenters. The third-order valence-corrected chi connectivity index (χ3v) is 2.18. The molecule has 1 amide bonds. The van der Waals surface area contributed by atoms with Gasteiger partial charge in [-0.3, -0.25) is 4.79 Å². The highest BCUT2D eigenvalue weighted by atomic mass is 16.5. The lowest BCUT2D eigenvalue weighted by atomic mass is 10.1. The van der Waals surface area contributed by atoms with Crippen molar-refractivity contribution in [1.29, 1.82) is 0 Å². The van der Waals surface area contributed by atoms with Crippen LogP contribution >= 0.6 is 0 Å². The Hall–Kier alpha value is -2.04. The molecule has 0 bridgehead atoms. The number of nitrogens with one attached hydrogen (secondary N) is 1. The van der Waals surface area contributed by atoms with Gasteiger partial charge in [-0.05, 0) is 19.1 Å². The first kappa shape index (κ1) is 9.51. The summed E-state index contributed by atoms with van der Waals surface area (Å²) in [7, 11) is 0. The Labute approximate surface area is 85.7 Å². The number of ether oxygens (including phenoxy) is 1. The zero-order valence-corrected chi connectivity index (χ0v) is 7.98. The number of fused-ring (bicyclic) bond motifs is 1. The second-order valence-electron chi connectivity index (χ2n) is 3.23. The molecule has 0 fully saturated rings. The van der Waals surface area contributed by atoms with Crippen LogP contribution in [0.25, 0.3) is 0 Å². The van der Waals surface area contributed by atoms with Gasteiger partial charge >= 0.3 is 5.97 Å². The molecule has 2 N–H and O–H groups in total. The monoisotopic (exact) mass is 207 g/mol. The van der Waals surface area contributed by atoms with Crippen LogP contribution in [0.15, 0.2) is 18.2 Å². The van der Waals surface area contributed by atoms with Crippen molar-refractivity contribution < 1.29 is 19.4 Å². The molecule has 2 rings (SSSR count). The zero-order chi connectivity index (χ0) is 11.0. The van der Waals surface area contributed by atoms with E-state index in [1.54, 1.807) is 19.1 Å². The van der Waals surface area contributed by atoms with Crippen molar-refractivity contribution >= 4 is 17.6 Å². The number of carboxylic acids is 1. The fraction of sp³-hybridized carbons (Fsp3) is 0.200. The highest BCUT2D eigenvalue weighted by molar-refractivity contribution is 6.05. The van der Waals surface area contributed by atoms with Crippen LogP contribution in [0.5, 0.6) is 5.75 Å². The molecule has 1 aliphatic rings. The minimum Gasteiger partial charge on any atom is -0.479 e. The molecular weight excluding hydrogens is 198 g/mol. The molecule has 5 nitrogen and oxygen atoms in total. The van der Waals surface area contributed by atoms with Crippen LogP contribution in [-0.4, -0.2) is 23.1 Å². The van der Waals surface area contributed by atoms with Gasteiger partial charge in [0.2, 0.25) is 0 Å². The first-order valence-corrected chi connectivity index (χ1v) is 4.43. The molecule has 0 saturated heterocycles. The van der Waals surface area contributed by atoms with E-state index in [0.29, 0.717) is 5.75 Å². The fourth-order valence-electron chi connectivity index (χ4n) is 1.41. The summed E-state index contributed by atoms with van der Waals surface area (Å²) < 4.78 is 5.26. The number of rotatable bonds is 1. The Balaban J connectivity index is 2.52. The molecule has 0 saturated carbocycles. The Morgan fingerprint density at radius 3 is 2.93 bits per heavy atom. The predicted octanol–water partition coefficient (Wildman–Crippen LogP) is 1.10. The molecule has 78 valence electrons. The molecule has 15 heavy (non-hydrogen) atoms. The van der Waals surface area contributed by atoms with Crippen molar-refractivity contribution in [2.75, 3.05) is 5.32 Å². The van der Waals surface area contributed by atoms with Crippen LogP contribution in [0, 0.1) is 0 Å². The van der Waals surface area contributed by atoms with Crippen LogP contribution in [0.2, 0.25) is 0 Å². The molecule has 1 atom stereocenters. The van der Waals surface area contributed by atoms with Crippen LogP contribution in [-0.2, 0) is 4.79 Å². The van der Waals surface area contributed by atoms with Crippen molar-refractivity contribution in [3.05, 3.63) is 23.8 Å². The summed E-state index contributed by atoms with van der Waals surface area (Å²) in [5, 5.41) is 11.4. The number of carbonyl (C=O) groups excluding carboxylic acids is 1. The summed E-state index contributed by atoms with van der Waals surface area (Å²) in [4.78, 5) is 22.2. The quantitative estimate of drug-likeness (QED) is 0.723. The molecule has 5 heteroatoms. The molecule has 1 heterocycles. The number of para-hydroxylation sites is 1. The van der Waals surface area contributed by atoms with Gasteiger partial charge in [0.25, 0.3) is 5.91 Å². The second kappa shape index (κ2) is 3.27. The molecule has 0 aliphatic carbocycles. The number of carboxylic acid groups (broad SMARTS) is 1. The van der Waals surface area contributed by atoms with Crippen molar-refractivity contribution in [2.45, 2.75) is 13.0 Å². The third kappa shape index (κ3) is 1.52. The average molecular weight is 207 g/mol. The van der Waals surface area contributed by atoms with Crippen molar-refractivity contribution in [1.82, 2.24) is 0 Å². The number of benzene rings is 1. The van der Waals surface area contributed by atoms with E-state index in [1.165, 1.54) is 6.07 Å². The maximum absolute atomic E-state index is 11.3. The van der Waals surface area contributed by atoms with E-state index in [2.05, 4.69) is 5.32 Å². The van der Waals surface area contributed by atoms with Gasteiger partial charge in [0, 0.05) is 0 Å². The summed E-state index contributed by atoms with van der Waals surface area (Å²) in [6.07, 6.45) is -0.596. The van der Waals surface area contributed by atoms with Crippen molar-refractivity contribution in [3.63, 3.8) is 0 Å². The van der Waals surface area contributed by atoms with Crippen LogP contribution < -0.4 is 10.1 Å². The fourth-order valence-corrected chi connectivity index (χ4v) is 1.41. The third-order valence-electron chi connectivity index (χ3n) is 2.18. The molecule has 1 aromatic carbocycles. The molecule has 0 spiro atoms. The van der Waals surface area contributed by atoms with Gasteiger partial charge in [-0.1, -0.05) is 6.07 Å². The standard InChI is InChI=1S/C10H9NO4/c1-5-9(12)11-8-6(10(13)14)3-2-4-7(8)15-5/h2-5H,1H3,(H,11,12)(H,13,14). The highest BCUT2D eigenvalue weighted by Crippen LogP contribution is 2.32. The Kier molecular flexibility index (Phi) is 2.07. The topological polar surface area (TPSA) is 75.6 Å². The van der Waals surface area contributed by atoms with E-state index in [1.807, 2.05) is 0 Å². The summed E-state index contributed by atoms with van der Waals surface area (Å²) in [5.74, 6) is -1.04. The second-order valence-corrected chi connectivity index (χ2v) is 3.23. The number of aromatic carboxylic acids is 1. The van der Waals surface area contributed by atoms with Crippen LogP contribution in [0.3, 0.4) is 0 Å². The SMILES string of the molecule is CC1Oc2cccc(C(=O)O)c2NC1=O. The minimum atomic E-state index is -1.09. The number of amides is 1. The lowest BCUT2D eigenvalue weighted by Gasteiger charge is -2.24. The van der Waals surface area contributed by atoms with E-state index in [0.717, 1.165) is 0 Å². The minimum absolute atomic E-state index is 0.0350. The average Bonchev–Trinajstić information content (AvgIpc) is 2.18. The summed E-state index contributed by atoms with van der Waals surface area (Å²) in [5.41, 5.74) is 0.265. The predicted molar refractivity (Wildman–Crippen MR) is 52.1 cm³/mol. The first-order chi connectivity index (χ1) is 7.09. The first-order valence-electron chi connectivity index (χ1n) is 4.43. The van der Waals surface area contributed by atoms with Gasteiger partial charge < -0.3 is 15.2 Å². The van der Waals surface area contributed by atoms with Gasteiger partial charge in [-0.25, -0.2) is 4.79 Å². The molecule has 0 aromatic heterocycles. The van der Waals surface area contributed by atoms with E-state index in [-0.39, 0.29) is 17.2 Å². The van der Waals surface area contributed by atoms with Crippen molar-refractivity contribution in [2.24, 2.45) is 0 Å². The number of hydrogen-bond acceptors (Lipinski definition) is 3. The smallest absolute Gasteiger partial charge is 0.337 e. The number of hydrogen-bond donors (Lipinski definition) is 2. The maximum Gasteiger partial charge on any atom is 0.337 e. The van der Waals surface area contributed by atoms with Crippen LogP contribution in [0.1, 0.15) is 17.3 Å². The van der Waals surface area contributed by atoms with Gasteiger partial charge in [0.1, 0.15) is 5.75 Å². The normalized spacial score (nSPS) is 18.7. The van der Waals surface area contributed by atoms with Gasteiger partial charge in [-0.15, -0.1) is 0 Å². The Morgan fingerprint density at radius 2 is 2.27 bits per heavy atom. The number of carbonyl (C=O) groups is 2. The highest BCUT2D eigenvalue weighted by Gasteiger charge is 2.26. The zero-order valence-electron chi connectivity index (χ0n) is 7.98. The molecule has 1 aromatic rings. The molecule has 0 radical (unpaired) electrons. The van der Waals surface area contributed by atoms with Gasteiger partial charge in [-0.2, -0.15) is 0 Å². The van der Waals surface area contributed by atoms with E-state index in [4.69, 9.17) is 9.84 Å². The van der Waals surface area contributed by atoms with E-state index in [9.17, 15) is 9.59 Å². The van der Waals surface area contributed by atoms with Gasteiger partial charge in [0.15, 0.2) is 6.10 Å². The molecular formula is C10H9NO4. The molecule has 1 aliphatic heterocycles. The maximum atomic E-state index is 11.3.